The minimum atomic E-state index is -0.678. The van der Waals surface area contributed by atoms with Gasteiger partial charge in [0.05, 0.1) is 18.1 Å². The molecule has 2 fully saturated rings. The molecule has 0 bridgehead atoms. The van der Waals surface area contributed by atoms with Gasteiger partial charge in [-0.2, -0.15) is 0 Å². The number of carbonyl (C=O) groups is 2. The third kappa shape index (κ3) is 6.54. The summed E-state index contributed by atoms with van der Waals surface area (Å²) in [6, 6.07) is 11.3. The van der Waals surface area contributed by atoms with Crippen molar-refractivity contribution in [1.29, 1.82) is 0 Å². The Labute approximate surface area is 246 Å². The van der Waals surface area contributed by atoms with Crippen LogP contribution in [0.4, 0.5) is 28.8 Å². The minimum absolute atomic E-state index is 0.0411. The van der Waals surface area contributed by atoms with Crippen LogP contribution in [0, 0.1) is 0 Å². The van der Waals surface area contributed by atoms with Gasteiger partial charge in [-0.05, 0) is 63.2 Å². The molecule has 5 rings (SSSR count). The Hall–Kier alpha value is -4.45. The number of amides is 2. The van der Waals surface area contributed by atoms with Gasteiger partial charge >= 0.3 is 0 Å². The number of hydrogen-bond donors (Lipinski definition) is 3. The maximum atomic E-state index is 13.1. The largest absolute Gasteiger partial charge is 0.378 e. The van der Waals surface area contributed by atoms with E-state index in [1.165, 1.54) is 0 Å². The van der Waals surface area contributed by atoms with E-state index in [1.807, 2.05) is 61.6 Å². The molecule has 2 atom stereocenters. The number of primary amides is 1. The maximum absolute atomic E-state index is 13.1. The number of benzene rings is 1. The fraction of sp³-hybridized carbons (Fsp3) is 0.433. The number of piperazine rings is 1. The van der Waals surface area contributed by atoms with E-state index < -0.39 is 5.91 Å². The second-order valence-electron chi connectivity index (χ2n) is 11.2. The van der Waals surface area contributed by atoms with Gasteiger partial charge in [-0.1, -0.05) is 0 Å². The molecule has 0 unspecified atom stereocenters. The van der Waals surface area contributed by atoms with Crippen LogP contribution in [0.25, 0.3) is 0 Å². The number of piperidine rings is 1. The first-order valence-corrected chi connectivity index (χ1v) is 14.4. The van der Waals surface area contributed by atoms with Crippen LogP contribution in [-0.2, 0) is 0 Å². The van der Waals surface area contributed by atoms with Gasteiger partial charge in [0.1, 0.15) is 11.6 Å². The average molecular weight is 573 g/mol. The summed E-state index contributed by atoms with van der Waals surface area (Å²) in [5.41, 5.74) is 8.38. The molecule has 2 aliphatic heterocycles. The van der Waals surface area contributed by atoms with E-state index in [4.69, 9.17) is 10.7 Å². The number of nitrogens with zero attached hydrogens (tertiary/aromatic N) is 7. The standard InChI is InChI=1S/C30H40N10O2/c1-20-24(34-30(42)21-7-9-22(10-8-21)37(2)3)6-5-13-40(20)26-19-33-27(28(31)41)29(36-26)35-25-12-11-23(18-32-25)39-16-14-38(4)15-17-39/h7-12,18-20,24H,5-6,13-17H2,1-4H3,(H2,31,41)(H,34,42)(H,32,35,36)/t20-,24-/m1/s1. The topological polar surface area (TPSA) is 136 Å². The van der Waals surface area contributed by atoms with Gasteiger partial charge in [-0.3, -0.25) is 9.59 Å². The molecule has 0 radical (unpaired) electrons. The number of carbonyl (C=O) groups excluding carboxylic acids is 2. The lowest BCUT2D eigenvalue weighted by Gasteiger charge is -2.40. The highest BCUT2D eigenvalue weighted by Crippen LogP contribution is 2.27. The molecule has 2 aliphatic rings. The summed E-state index contributed by atoms with van der Waals surface area (Å²) >= 11 is 0. The predicted octanol–water partition coefficient (Wildman–Crippen LogP) is 2.32. The summed E-state index contributed by atoms with van der Waals surface area (Å²) in [5, 5.41) is 6.35. The van der Waals surface area contributed by atoms with Crippen LogP contribution in [-0.4, -0.2) is 97.6 Å². The molecule has 2 aromatic heterocycles. The zero-order chi connectivity index (χ0) is 29.8. The van der Waals surface area contributed by atoms with E-state index in [0.717, 1.165) is 56.9 Å². The lowest BCUT2D eigenvalue weighted by atomic mass is 9.97. The molecule has 0 spiro atoms. The molecule has 1 aromatic carbocycles. The van der Waals surface area contributed by atoms with Gasteiger partial charge in [-0.25, -0.2) is 15.0 Å². The van der Waals surface area contributed by atoms with Crippen molar-refractivity contribution in [2.75, 3.05) is 73.9 Å². The molecular formula is C30H40N10O2. The molecule has 222 valence electrons. The number of nitrogens with two attached hydrogens (primary N) is 1. The first-order valence-electron chi connectivity index (χ1n) is 14.4. The molecule has 4 heterocycles. The second-order valence-corrected chi connectivity index (χ2v) is 11.2. The van der Waals surface area contributed by atoms with Crippen LogP contribution >= 0.6 is 0 Å². The summed E-state index contributed by atoms with van der Waals surface area (Å²) in [5.74, 6) is 0.599. The Morgan fingerprint density at radius 1 is 0.976 bits per heavy atom. The van der Waals surface area contributed by atoms with Crippen molar-refractivity contribution in [3.05, 3.63) is 60.0 Å². The van der Waals surface area contributed by atoms with E-state index in [2.05, 4.69) is 49.3 Å². The van der Waals surface area contributed by atoms with Gasteiger partial charge < -0.3 is 36.0 Å². The van der Waals surface area contributed by atoms with Crippen LogP contribution < -0.4 is 31.1 Å². The van der Waals surface area contributed by atoms with Gasteiger partial charge in [0.15, 0.2) is 11.5 Å². The molecule has 12 heteroatoms. The van der Waals surface area contributed by atoms with E-state index >= 15 is 0 Å². The lowest BCUT2D eigenvalue weighted by Crippen LogP contribution is -2.54. The second kappa shape index (κ2) is 12.6. The molecule has 0 saturated carbocycles. The number of hydrogen-bond acceptors (Lipinski definition) is 10. The van der Waals surface area contributed by atoms with E-state index in [9.17, 15) is 9.59 Å². The number of nitrogens with one attached hydrogen (secondary N) is 2. The fourth-order valence-corrected chi connectivity index (χ4v) is 5.44. The third-order valence-electron chi connectivity index (χ3n) is 8.10. The highest BCUT2D eigenvalue weighted by atomic mass is 16.2. The highest BCUT2D eigenvalue weighted by molar-refractivity contribution is 5.96. The Bertz CT molecular complexity index is 1390. The highest BCUT2D eigenvalue weighted by Gasteiger charge is 2.31. The van der Waals surface area contributed by atoms with Crippen LogP contribution in [0.15, 0.2) is 48.8 Å². The molecule has 4 N–H and O–H groups in total. The van der Waals surface area contributed by atoms with E-state index in [-0.39, 0.29) is 29.5 Å². The van der Waals surface area contributed by atoms with Crippen LogP contribution in [0.3, 0.4) is 0 Å². The smallest absolute Gasteiger partial charge is 0.271 e. The summed E-state index contributed by atoms with van der Waals surface area (Å²) in [6.45, 7) is 6.72. The Morgan fingerprint density at radius 2 is 1.71 bits per heavy atom. The number of anilines is 5. The van der Waals surface area contributed by atoms with Crippen molar-refractivity contribution >= 4 is 40.6 Å². The van der Waals surface area contributed by atoms with Crippen molar-refractivity contribution < 1.29 is 9.59 Å². The molecule has 0 aliphatic carbocycles. The minimum Gasteiger partial charge on any atom is -0.378 e. The number of likely N-dealkylation sites (N-methyl/N-ethyl adjacent to an activating group) is 1. The molecular weight excluding hydrogens is 532 g/mol. The van der Waals surface area contributed by atoms with Gasteiger partial charge in [0.25, 0.3) is 11.8 Å². The zero-order valence-corrected chi connectivity index (χ0v) is 24.7. The zero-order valence-electron chi connectivity index (χ0n) is 24.7. The first kappa shape index (κ1) is 29.1. The predicted molar refractivity (Wildman–Crippen MR) is 166 cm³/mol. The Kier molecular flexibility index (Phi) is 8.72. The molecule has 12 nitrogen and oxygen atoms in total. The third-order valence-corrected chi connectivity index (χ3v) is 8.10. The molecule has 3 aromatic rings. The molecule has 2 saturated heterocycles. The monoisotopic (exact) mass is 572 g/mol. The summed E-state index contributed by atoms with van der Waals surface area (Å²) < 4.78 is 0. The van der Waals surface area contributed by atoms with Crippen LogP contribution in [0.1, 0.15) is 40.6 Å². The summed E-state index contributed by atoms with van der Waals surface area (Å²) in [7, 11) is 6.06. The summed E-state index contributed by atoms with van der Waals surface area (Å²) in [4.78, 5) is 47.7. The van der Waals surface area contributed by atoms with Crippen LogP contribution in [0.2, 0.25) is 0 Å². The summed E-state index contributed by atoms with van der Waals surface area (Å²) in [6.07, 6.45) is 5.10. The maximum Gasteiger partial charge on any atom is 0.271 e. The van der Waals surface area contributed by atoms with Crippen LogP contribution in [0.5, 0.6) is 0 Å². The quantitative estimate of drug-likeness (QED) is 0.369. The normalized spacial score (nSPS) is 19.3. The van der Waals surface area contributed by atoms with E-state index in [0.29, 0.717) is 17.2 Å². The van der Waals surface area contributed by atoms with Crippen molar-refractivity contribution in [3.8, 4) is 0 Å². The van der Waals surface area contributed by atoms with Gasteiger partial charge in [0, 0.05) is 70.2 Å². The molecule has 42 heavy (non-hydrogen) atoms. The van der Waals surface area contributed by atoms with Crippen molar-refractivity contribution in [2.45, 2.75) is 31.8 Å². The van der Waals surface area contributed by atoms with Crippen molar-refractivity contribution in [3.63, 3.8) is 0 Å². The average Bonchev–Trinajstić information content (AvgIpc) is 2.99. The van der Waals surface area contributed by atoms with Gasteiger partial charge in [-0.15, -0.1) is 0 Å². The first-order chi connectivity index (χ1) is 20.2. The van der Waals surface area contributed by atoms with Crippen molar-refractivity contribution in [2.24, 2.45) is 5.73 Å². The number of rotatable bonds is 8. The fourth-order valence-electron chi connectivity index (χ4n) is 5.44. The number of aromatic nitrogens is 3. The van der Waals surface area contributed by atoms with Crippen molar-refractivity contribution in [1.82, 2.24) is 25.2 Å². The van der Waals surface area contributed by atoms with Gasteiger partial charge in [0.2, 0.25) is 0 Å². The SMILES string of the molecule is C[C@@H]1[C@H](NC(=O)c2ccc(N(C)C)cc2)CCCN1c1cnc(C(N)=O)c(Nc2ccc(N3CCN(C)CC3)cn2)n1. The number of pyridine rings is 1. The Morgan fingerprint density at radius 3 is 2.36 bits per heavy atom. The Balaban J connectivity index is 1.30. The molecule has 2 amide bonds. The van der Waals surface area contributed by atoms with E-state index in [1.54, 1.807) is 6.20 Å². The lowest BCUT2D eigenvalue weighted by molar-refractivity contribution is 0.0923.